The maximum atomic E-state index is 11.4. The van der Waals surface area contributed by atoms with E-state index in [0.717, 1.165) is 5.56 Å². The van der Waals surface area contributed by atoms with Gasteiger partial charge in [0.2, 0.25) is 0 Å². The Hall–Kier alpha value is -1.06. The van der Waals surface area contributed by atoms with E-state index in [1.165, 1.54) is 0 Å². The van der Waals surface area contributed by atoms with Crippen LogP contribution in [0.2, 0.25) is 5.02 Å². The van der Waals surface area contributed by atoms with Crippen molar-refractivity contribution in [2.45, 2.75) is 32.9 Å². The molecule has 0 spiro atoms. The van der Waals surface area contributed by atoms with E-state index in [-0.39, 0.29) is 12.6 Å². The lowest BCUT2D eigenvalue weighted by Crippen LogP contribution is -2.25. The van der Waals surface area contributed by atoms with Gasteiger partial charge in [0.15, 0.2) is 0 Å². The lowest BCUT2D eigenvalue weighted by Gasteiger charge is -2.08. The first-order valence-electron chi connectivity index (χ1n) is 5.72. The number of nitrogens with one attached hydrogen (secondary N) is 1. The second-order valence-electron chi connectivity index (χ2n) is 4.11. The minimum atomic E-state index is -0.210. The van der Waals surface area contributed by atoms with Gasteiger partial charge in [0.05, 0.1) is 6.42 Å². The van der Waals surface area contributed by atoms with Crippen LogP contribution in [0.15, 0.2) is 24.3 Å². The number of carbonyl (C=O) groups is 1. The van der Waals surface area contributed by atoms with Crippen LogP contribution in [-0.4, -0.2) is 18.6 Å². The molecule has 0 aliphatic carbocycles. The maximum Gasteiger partial charge on any atom is 0.307 e. The Bertz CT molecular complexity index is 366. The van der Waals surface area contributed by atoms with Gasteiger partial charge in [-0.2, -0.15) is 0 Å². The van der Waals surface area contributed by atoms with Crippen LogP contribution in [0.25, 0.3) is 0 Å². The number of carbonyl (C=O) groups excluding carboxylic acids is 1. The number of benzene rings is 1. The van der Waals surface area contributed by atoms with Crippen LogP contribution in [0.1, 0.15) is 25.8 Å². The predicted molar refractivity (Wildman–Crippen MR) is 69.0 cm³/mol. The molecule has 0 saturated carbocycles. The van der Waals surface area contributed by atoms with Gasteiger partial charge in [-0.3, -0.25) is 4.79 Å². The molecule has 0 radical (unpaired) electrons. The SMILES string of the molecule is CC(C)NCCC(=O)OCc1ccccc1Cl. The van der Waals surface area contributed by atoms with E-state index in [1.54, 1.807) is 6.07 Å². The van der Waals surface area contributed by atoms with E-state index in [4.69, 9.17) is 16.3 Å². The van der Waals surface area contributed by atoms with Crippen molar-refractivity contribution >= 4 is 17.6 Å². The Morgan fingerprint density at radius 3 is 2.76 bits per heavy atom. The van der Waals surface area contributed by atoms with E-state index in [9.17, 15) is 4.79 Å². The summed E-state index contributed by atoms with van der Waals surface area (Å²) in [7, 11) is 0. The van der Waals surface area contributed by atoms with Crippen LogP contribution >= 0.6 is 11.6 Å². The number of ether oxygens (including phenoxy) is 1. The molecule has 1 aromatic rings. The van der Waals surface area contributed by atoms with Crippen molar-refractivity contribution in [2.24, 2.45) is 0 Å². The predicted octanol–water partition coefficient (Wildman–Crippen LogP) is 2.77. The number of hydrogen-bond donors (Lipinski definition) is 1. The smallest absolute Gasteiger partial charge is 0.307 e. The van der Waals surface area contributed by atoms with Gasteiger partial charge in [-0.15, -0.1) is 0 Å². The van der Waals surface area contributed by atoms with Crippen molar-refractivity contribution in [1.82, 2.24) is 5.32 Å². The molecule has 0 amide bonds. The maximum absolute atomic E-state index is 11.4. The normalized spacial score (nSPS) is 10.6. The molecule has 17 heavy (non-hydrogen) atoms. The Morgan fingerprint density at radius 2 is 2.12 bits per heavy atom. The first-order valence-corrected chi connectivity index (χ1v) is 6.10. The summed E-state index contributed by atoms with van der Waals surface area (Å²) in [5.41, 5.74) is 0.833. The molecule has 1 N–H and O–H groups in total. The monoisotopic (exact) mass is 255 g/mol. The zero-order chi connectivity index (χ0) is 12.7. The molecule has 1 aromatic carbocycles. The quantitative estimate of drug-likeness (QED) is 0.795. The van der Waals surface area contributed by atoms with E-state index in [2.05, 4.69) is 5.32 Å². The highest BCUT2D eigenvalue weighted by Crippen LogP contribution is 2.15. The Morgan fingerprint density at radius 1 is 1.41 bits per heavy atom. The molecular formula is C13H18ClNO2. The summed E-state index contributed by atoms with van der Waals surface area (Å²) >= 11 is 5.95. The lowest BCUT2D eigenvalue weighted by molar-refractivity contribution is -0.144. The second kappa shape index (κ2) is 7.30. The van der Waals surface area contributed by atoms with Crippen LogP contribution in [0.4, 0.5) is 0 Å². The van der Waals surface area contributed by atoms with Crippen molar-refractivity contribution in [3.8, 4) is 0 Å². The molecule has 4 heteroatoms. The summed E-state index contributed by atoms with van der Waals surface area (Å²) < 4.78 is 5.13. The van der Waals surface area contributed by atoms with Crippen LogP contribution in [0.3, 0.4) is 0 Å². The molecule has 0 fully saturated rings. The third-order valence-corrected chi connectivity index (χ3v) is 2.60. The Labute approximate surface area is 107 Å². The molecule has 1 rings (SSSR count). The molecule has 0 saturated heterocycles. The largest absolute Gasteiger partial charge is 0.461 e. The molecule has 94 valence electrons. The molecule has 0 bridgehead atoms. The molecule has 0 heterocycles. The summed E-state index contributed by atoms with van der Waals surface area (Å²) in [6.07, 6.45) is 0.378. The lowest BCUT2D eigenvalue weighted by atomic mass is 10.2. The van der Waals surface area contributed by atoms with Crippen LogP contribution in [0, 0.1) is 0 Å². The fourth-order valence-electron chi connectivity index (χ4n) is 1.31. The van der Waals surface area contributed by atoms with E-state index >= 15 is 0 Å². The van der Waals surface area contributed by atoms with Gasteiger partial charge in [0.1, 0.15) is 6.61 Å². The molecule has 0 unspecified atom stereocenters. The summed E-state index contributed by atoms with van der Waals surface area (Å²) in [5.74, 6) is -0.210. The van der Waals surface area contributed by atoms with Gasteiger partial charge in [0.25, 0.3) is 0 Å². The highest BCUT2D eigenvalue weighted by molar-refractivity contribution is 6.31. The van der Waals surface area contributed by atoms with E-state index < -0.39 is 0 Å². The van der Waals surface area contributed by atoms with Crippen molar-refractivity contribution < 1.29 is 9.53 Å². The molecule has 0 aromatic heterocycles. The average molecular weight is 256 g/mol. The van der Waals surface area contributed by atoms with Crippen molar-refractivity contribution in [1.29, 1.82) is 0 Å². The minimum Gasteiger partial charge on any atom is -0.461 e. The van der Waals surface area contributed by atoms with Gasteiger partial charge >= 0.3 is 5.97 Å². The first-order chi connectivity index (χ1) is 8.09. The topological polar surface area (TPSA) is 38.3 Å². The van der Waals surface area contributed by atoms with Gasteiger partial charge in [0, 0.05) is 23.2 Å². The summed E-state index contributed by atoms with van der Waals surface area (Å²) in [6, 6.07) is 7.73. The number of esters is 1. The number of rotatable bonds is 6. The molecule has 0 aliphatic rings. The molecule has 0 aliphatic heterocycles. The van der Waals surface area contributed by atoms with Crippen molar-refractivity contribution in [3.05, 3.63) is 34.9 Å². The van der Waals surface area contributed by atoms with Gasteiger partial charge in [-0.05, 0) is 6.07 Å². The zero-order valence-corrected chi connectivity index (χ0v) is 11.0. The molecule has 0 atom stereocenters. The average Bonchev–Trinajstić information content (AvgIpc) is 2.27. The zero-order valence-electron chi connectivity index (χ0n) is 10.2. The standard InChI is InChI=1S/C13H18ClNO2/c1-10(2)15-8-7-13(16)17-9-11-5-3-4-6-12(11)14/h3-6,10,15H,7-9H2,1-2H3. The number of hydrogen-bond acceptors (Lipinski definition) is 3. The Balaban J connectivity index is 2.26. The number of halogens is 1. The highest BCUT2D eigenvalue weighted by atomic mass is 35.5. The summed E-state index contributed by atoms with van der Waals surface area (Å²) in [5, 5.41) is 3.78. The first kappa shape index (κ1) is 14.0. The van der Waals surface area contributed by atoms with Gasteiger partial charge in [-0.25, -0.2) is 0 Å². The highest BCUT2D eigenvalue weighted by Gasteiger charge is 2.05. The van der Waals surface area contributed by atoms with Crippen molar-refractivity contribution in [3.63, 3.8) is 0 Å². The fraction of sp³-hybridized carbons (Fsp3) is 0.462. The minimum absolute atomic E-state index is 0.210. The summed E-state index contributed by atoms with van der Waals surface area (Å²) in [6.45, 7) is 4.95. The third kappa shape index (κ3) is 5.71. The summed E-state index contributed by atoms with van der Waals surface area (Å²) in [4.78, 5) is 11.4. The second-order valence-corrected chi connectivity index (χ2v) is 4.52. The van der Waals surface area contributed by atoms with Crippen LogP contribution in [0.5, 0.6) is 0 Å². The van der Waals surface area contributed by atoms with Crippen LogP contribution in [-0.2, 0) is 16.1 Å². The van der Waals surface area contributed by atoms with Crippen molar-refractivity contribution in [2.75, 3.05) is 6.54 Å². The van der Waals surface area contributed by atoms with Crippen LogP contribution < -0.4 is 5.32 Å². The Kier molecular flexibility index (Phi) is 6.01. The fourth-order valence-corrected chi connectivity index (χ4v) is 1.50. The van der Waals surface area contributed by atoms with Gasteiger partial charge < -0.3 is 10.1 Å². The third-order valence-electron chi connectivity index (χ3n) is 2.23. The van der Waals surface area contributed by atoms with Gasteiger partial charge in [-0.1, -0.05) is 43.6 Å². The molecular weight excluding hydrogens is 238 g/mol. The molecule has 3 nitrogen and oxygen atoms in total. The van der Waals surface area contributed by atoms with E-state index in [1.807, 2.05) is 32.0 Å². The van der Waals surface area contributed by atoms with E-state index in [0.29, 0.717) is 24.0 Å².